The third-order valence-corrected chi connectivity index (χ3v) is 4.70. The SMILES string of the molecule is CNCC1(C2(c3cccc(OC)c3)COC2)CC1. The fourth-order valence-corrected chi connectivity index (χ4v) is 3.32. The second kappa shape index (κ2) is 4.25. The summed E-state index contributed by atoms with van der Waals surface area (Å²) in [5.74, 6) is 0.944. The lowest BCUT2D eigenvalue weighted by Crippen LogP contribution is -2.56. The van der Waals surface area contributed by atoms with Gasteiger partial charge in [-0.3, -0.25) is 0 Å². The molecule has 0 spiro atoms. The minimum absolute atomic E-state index is 0.199. The highest BCUT2D eigenvalue weighted by atomic mass is 16.5. The molecule has 1 N–H and O–H groups in total. The van der Waals surface area contributed by atoms with Gasteiger partial charge in [0.2, 0.25) is 0 Å². The normalized spacial score (nSPS) is 23.2. The summed E-state index contributed by atoms with van der Waals surface area (Å²) in [6.07, 6.45) is 2.60. The molecule has 3 heteroatoms. The van der Waals surface area contributed by atoms with E-state index in [4.69, 9.17) is 9.47 Å². The van der Waals surface area contributed by atoms with E-state index in [1.54, 1.807) is 7.11 Å². The number of methoxy groups -OCH3 is 1. The first-order chi connectivity index (χ1) is 8.76. The Morgan fingerprint density at radius 1 is 1.33 bits per heavy atom. The van der Waals surface area contributed by atoms with E-state index < -0.39 is 0 Å². The molecule has 2 aliphatic rings. The summed E-state index contributed by atoms with van der Waals surface area (Å²) in [6, 6.07) is 8.50. The lowest BCUT2D eigenvalue weighted by molar-refractivity contribution is -0.0986. The molecule has 98 valence electrons. The van der Waals surface area contributed by atoms with Gasteiger partial charge in [-0.25, -0.2) is 0 Å². The van der Waals surface area contributed by atoms with Crippen molar-refractivity contribution in [3.63, 3.8) is 0 Å². The van der Waals surface area contributed by atoms with Crippen LogP contribution in [0.2, 0.25) is 0 Å². The molecule has 3 rings (SSSR count). The first-order valence-corrected chi connectivity index (χ1v) is 6.63. The zero-order valence-corrected chi connectivity index (χ0v) is 11.2. The maximum atomic E-state index is 5.57. The van der Waals surface area contributed by atoms with Gasteiger partial charge in [0.25, 0.3) is 0 Å². The Kier molecular flexibility index (Phi) is 2.83. The second-order valence-electron chi connectivity index (χ2n) is 5.62. The maximum absolute atomic E-state index is 5.57. The average Bonchev–Trinajstić information content (AvgIpc) is 3.09. The molecule has 1 heterocycles. The van der Waals surface area contributed by atoms with Crippen LogP contribution < -0.4 is 10.1 Å². The van der Waals surface area contributed by atoms with E-state index >= 15 is 0 Å². The third kappa shape index (κ3) is 1.57. The third-order valence-electron chi connectivity index (χ3n) is 4.70. The smallest absolute Gasteiger partial charge is 0.119 e. The summed E-state index contributed by atoms with van der Waals surface area (Å²) in [6.45, 7) is 2.78. The molecular weight excluding hydrogens is 226 g/mol. The van der Waals surface area contributed by atoms with Gasteiger partial charge in [0.1, 0.15) is 5.75 Å². The van der Waals surface area contributed by atoms with E-state index in [1.165, 1.54) is 18.4 Å². The van der Waals surface area contributed by atoms with Gasteiger partial charge in [0.15, 0.2) is 0 Å². The number of ether oxygens (including phenoxy) is 2. The number of hydrogen-bond donors (Lipinski definition) is 1. The summed E-state index contributed by atoms with van der Waals surface area (Å²) in [7, 11) is 3.77. The van der Waals surface area contributed by atoms with E-state index in [2.05, 4.69) is 23.5 Å². The van der Waals surface area contributed by atoms with Crippen molar-refractivity contribution >= 4 is 0 Å². The Bertz CT molecular complexity index is 436. The van der Waals surface area contributed by atoms with Crippen LogP contribution in [0.1, 0.15) is 18.4 Å². The molecule has 1 aromatic carbocycles. The predicted octanol–water partition coefficient (Wildman–Crippen LogP) is 1.96. The standard InChI is InChI=1S/C15H21NO2/c1-16-9-14(6-7-14)15(10-18-11-15)12-4-3-5-13(8-12)17-2/h3-5,8,16H,6-7,9-11H2,1-2H3. The molecule has 18 heavy (non-hydrogen) atoms. The summed E-state index contributed by atoms with van der Waals surface area (Å²) in [5.41, 5.74) is 1.97. The Morgan fingerprint density at radius 3 is 2.61 bits per heavy atom. The topological polar surface area (TPSA) is 30.5 Å². The molecule has 0 atom stereocenters. The van der Waals surface area contributed by atoms with Crippen LogP contribution in [-0.2, 0) is 10.2 Å². The zero-order chi connectivity index (χ0) is 12.6. The highest BCUT2D eigenvalue weighted by Gasteiger charge is 2.63. The van der Waals surface area contributed by atoms with Crippen molar-refractivity contribution in [2.75, 3.05) is 33.9 Å². The van der Waals surface area contributed by atoms with Gasteiger partial charge in [-0.15, -0.1) is 0 Å². The van der Waals surface area contributed by atoms with E-state index in [-0.39, 0.29) is 5.41 Å². The van der Waals surface area contributed by atoms with Crippen molar-refractivity contribution in [2.24, 2.45) is 5.41 Å². The number of benzene rings is 1. The van der Waals surface area contributed by atoms with Crippen LogP contribution in [-0.4, -0.2) is 33.9 Å². The molecule has 0 amide bonds. The monoisotopic (exact) mass is 247 g/mol. The average molecular weight is 247 g/mol. The minimum Gasteiger partial charge on any atom is -0.497 e. The van der Waals surface area contributed by atoms with Gasteiger partial charge in [0.05, 0.1) is 20.3 Å². The van der Waals surface area contributed by atoms with E-state index in [1.807, 2.05) is 13.1 Å². The van der Waals surface area contributed by atoms with Crippen LogP contribution in [0.15, 0.2) is 24.3 Å². The largest absolute Gasteiger partial charge is 0.497 e. The molecule has 0 bridgehead atoms. The van der Waals surface area contributed by atoms with Crippen LogP contribution >= 0.6 is 0 Å². The van der Waals surface area contributed by atoms with Crippen LogP contribution in [0.3, 0.4) is 0 Å². The fraction of sp³-hybridized carbons (Fsp3) is 0.600. The first kappa shape index (κ1) is 12.0. The Hall–Kier alpha value is -1.06. The van der Waals surface area contributed by atoms with E-state index in [0.717, 1.165) is 25.5 Å². The second-order valence-corrected chi connectivity index (χ2v) is 5.62. The Morgan fingerprint density at radius 2 is 2.11 bits per heavy atom. The van der Waals surface area contributed by atoms with Crippen molar-refractivity contribution in [3.05, 3.63) is 29.8 Å². The highest BCUT2D eigenvalue weighted by Crippen LogP contribution is 2.62. The first-order valence-electron chi connectivity index (χ1n) is 6.63. The Labute approximate surface area is 108 Å². The lowest BCUT2D eigenvalue weighted by Gasteiger charge is -2.48. The molecule has 3 nitrogen and oxygen atoms in total. The maximum Gasteiger partial charge on any atom is 0.119 e. The summed E-state index contributed by atoms with van der Waals surface area (Å²) in [5, 5.41) is 3.36. The van der Waals surface area contributed by atoms with E-state index in [0.29, 0.717) is 5.41 Å². The molecular formula is C15H21NO2. The van der Waals surface area contributed by atoms with Gasteiger partial charge in [-0.1, -0.05) is 12.1 Å². The molecule has 0 aromatic heterocycles. The molecule has 1 saturated carbocycles. The van der Waals surface area contributed by atoms with Crippen molar-refractivity contribution in [1.29, 1.82) is 0 Å². The highest BCUT2D eigenvalue weighted by molar-refractivity contribution is 5.39. The van der Waals surface area contributed by atoms with Crippen molar-refractivity contribution < 1.29 is 9.47 Å². The van der Waals surface area contributed by atoms with Gasteiger partial charge in [-0.2, -0.15) is 0 Å². The fourth-order valence-electron chi connectivity index (χ4n) is 3.32. The van der Waals surface area contributed by atoms with E-state index in [9.17, 15) is 0 Å². The lowest BCUT2D eigenvalue weighted by atomic mass is 9.66. The Balaban J connectivity index is 1.96. The van der Waals surface area contributed by atoms with Crippen molar-refractivity contribution in [3.8, 4) is 5.75 Å². The molecule has 0 unspecified atom stereocenters. The van der Waals surface area contributed by atoms with Crippen LogP contribution in [0, 0.1) is 5.41 Å². The molecule has 1 aliphatic heterocycles. The number of hydrogen-bond acceptors (Lipinski definition) is 3. The van der Waals surface area contributed by atoms with Crippen molar-refractivity contribution in [2.45, 2.75) is 18.3 Å². The summed E-state index contributed by atoms with van der Waals surface area (Å²) in [4.78, 5) is 0. The van der Waals surface area contributed by atoms with Gasteiger partial charge in [0, 0.05) is 12.0 Å². The summed E-state index contributed by atoms with van der Waals surface area (Å²) < 4.78 is 10.9. The van der Waals surface area contributed by atoms with Gasteiger partial charge in [-0.05, 0) is 43.0 Å². The summed E-state index contributed by atoms with van der Waals surface area (Å²) >= 11 is 0. The number of rotatable bonds is 5. The number of nitrogens with one attached hydrogen (secondary N) is 1. The van der Waals surface area contributed by atoms with Crippen LogP contribution in [0.25, 0.3) is 0 Å². The molecule has 0 radical (unpaired) electrons. The predicted molar refractivity (Wildman–Crippen MR) is 71.1 cm³/mol. The van der Waals surface area contributed by atoms with Crippen LogP contribution in [0.4, 0.5) is 0 Å². The quantitative estimate of drug-likeness (QED) is 0.863. The van der Waals surface area contributed by atoms with Gasteiger partial charge < -0.3 is 14.8 Å². The van der Waals surface area contributed by atoms with Crippen molar-refractivity contribution in [1.82, 2.24) is 5.32 Å². The molecule has 2 fully saturated rings. The molecule has 1 aromatic rings. The molecule has 1 saturated heterocycles. The zero-order valence-electron chi connectivity index (χ0n) is 11.2. The molecule has 1 aliphatic carbocycles. The minimum atomic E-state index is 0.199. The van der Waals surface area contributed by atoms with Crippen LogP contribution in [0.5, 0.6) is 5.75 Å². The van der Waals surface area contributed by atoms with Gasteiger partial charge >= 0.3 is 0 Å².